The maximum atomic E-state index is 5.86. The molecule has 3 aromatic rings. The summed E-state index contributed by atoms with van der Waals surface area (Å²) >= 11 is 0. The van der Waals surface area contributed by atoms with E-state index in [0.717, 1.165) is 50.7 Å². The molecule has 6 nitrogen and oxygen atoms in total. The van der Waals surface area contributed by atoms with E-state index in [9.17, 15) is 0 Å². The number of aromatic nitrogens is 3. The number of fused-ring (bicyclic) bond motifs is 4. The highest BCUT2D eigenvalue weighted by Gasteiger charge is 2.23. The lowest BCUT2D eigenvalue weighted by Crippen LogP contribution is -2.15. The van der Waals surface area contributed by atoms with Gasteiger partial charge in [0.2, 0.25) is 0 Å². The average molecular weight is 423 g/mol. The van der Waals surface area contributed by atoms with Gasteiger partial charge < -0.3 is 18.8 Å². The summed E-state index contributed by atoms with van der Waals surface area (Å²) < 4.78 is 19.3. The first kappa shape index (κ1) is 18.7. The SMILES string of the molecule is COc1ccc(Cn2cc3c(-c4ccccc4)nnc-3c3cc4c(cc32)OCCO4)cc1. The number of ether oxygens (including phenoxy) is 3. The van der Waals surface area contributed by atoms with Crippen LogP contribution in [0.15, 0.2) is 72.9 Å². The van der Waals surface area contributed by atoms with Crippen molar-refractivity contribution in [3.63, 3.8) is 0 Å². The minimum absolute atomic E-state index is 0.544. The van der Waals surface area contributed by atoms with Gasteiger partial charge in [-0.3, -0.25) is 0 Å². The summed E-state index contributed by atoms with van der Waals surface area (Å²) in [4.78, 5) is 0. The minimum Gasteiger partial charge on any atom is -0.497 e. The maximum absolute atomic E-state index is 5.86. The van der Waals surface area contributed by atoms with Gasteiger partial charge in [0.1, 0.15) is 30.4 Å². The fourth-order valence-corrected chi connectivity index (χ4v) is 4.24. The number of nitrogens with zero attached hydrogens (tertiary/aromatic N) is 3. The van der Waals surface area contributed by atoms with Gasteiger partial charge in [-0.15, -0.1) is 10.2 Å². The smallest absolute Gasteiger partial charge is 0.163 e. The van der Waals surface area contributed by atoms with Gasteiger partial charge in [-0.05, 0) is 23.8 Å². The van der Waals surface area contributed by atoms with Gasteiger partial charge in [0.05, 0.1) is 12.6 Å². The molecule has 0 spiro atoms. The van der Waals surface area contributed by atoms with E-state index in [1.807, 2.05) is 42.5 Å². The Morgan fingerprint density at radius 1 is 0.875 bits per heavy atom. The molecule has 0 atom stereocenters. The van der Waals surface area contributed by atoms with Crippen LogP contribution in [-0.2, 0) is 6.54 Å². The minimum atomic E-state index is 0.544. The third-order valence-electron chi connectivity index (χ3n) is 5.83. The van der Waals surface area contributed by atoms with Crippen molar-refractivity contribution in [1.82, 2.24) is 14.8 Å². The van der Waals surface area contributed by atoms with Crippen LogP contribution in [0.2, 0.25) is 0 Å². The fourth-order valence-electron chi connectivity index (χ4n) is 4.24. The number of benzene rings is 3. The number of methoxy groups -OCH3 is 1. The quantitative estimate of drug-likeness (QED) is 0.406. The summed E-state index contributed by atoms with van der Waals surface area (Å²) in [5.41, 5.74) is 5.98. The van der Waals surface area contributed by atoms with Gasteiger partial charge in [-0.1, -0.05) is 42.5 Å². The zero-order valence-electron chi connectivity index (χ0n) is 17.6. The van der Waals surface area contributed by atoms with Crippen molar-refractivity contribution in [2.45, 2.75) is 6.54 Å². The number of rotatable bonds is 4. The van der Waals surface area contributed by atoms with E-state index >= 15 is 0 Å². The van der Waals surface area contributed by atoms with Gasteiger partial charge in [0, 0.05) is 35.3 Å². The Labute approximate surface area is 185 Å². The molecule has 0 fully saturated rings. The third kappa shape index (κ3) is 3.12. The molecule has 3 aliphatic rings. The second kappa shape index (κ2) is 7.57. The van der Waals surface area contributed by atoms with Crippen LogP contribution in [0, 0.1) is 0 Å². The monoisotopic (exact) mass is 423 g/mol. The molecule has 32 heavy (non-hydrogen) atoms. The van der Waals surface area contributed by atoms with E-state index in [0.29, 0.717) is 19.8 Å². The molecule has 0 unspecified atom stereocenters. The summed E-state index contributed by atoms with van der Waals surface area (Å²) in [6.07, 6.45) is 2.14. The summed E-state index contributed by atoms with van der Waals surface area (Å²) in [5, 5.41) is 10.1. The largest absolute Gasteiger partial charge is 0.497 e. The summed E-state index contributed by atoms with van der Waals surface area (Å²) in [6.45, 7) is 1.78. The van der Waals surface area contributed by atoms with Crippen LogP contribution in [0.25, 0.3) is 33.4 Å². The fraction of sp³-hybridized carbons (Fsp3) is 0.154. The zero-order chi connectivity index (χ0) is 21.5. The van der Waals surface area contributed by atoms with Gasteiger partial charge in [0.25, 0.3) is 0 Å². The van der Waals surface area contributed by atoms with E-state index < -0.39 is 0 Å². The first-order valence-electron chi connectivity index (χ1n) is 10.6. The van der Waals surface area contributed by atoms with Crippen molar-refractivity contribution in [1.29, 1.82) is 0 Å². The van der Waals surface area contributed by atoms with Crippen LogP contribution in [0.5, 0.6) is 17.2 Å². The highest BCUT2D eigenvalue weighted by atomic mass is 16.6. The van der Waals surface area contributed by atoms with Gasteiger partial charge in [-0.25, -0.2) is 0 Å². The van der Waals surface area contributed by atoms with Crippen molar-refractivity contribution in [3.8, 4) is 39.8 Å². The normalized spacial score (nSPS) is 12.9. The van der Waals surface area contributed by atoms with E-state index in [1.165, 1.54) is 5.56 Å². The van der Waals surface area contributed by atoms with Crippen molar-refractivity contribution < 1.29 is 14.2 Å². The molecule has 3 heterocycles. The van der Waals surface area contributed by atoms with E-state index in [-0.39, 0.29) is 0 Å². The molecule has 0 aromatic heterocycles. The topological polar surface area (TPSA) is 58.4 Å². The molecule has 6 heteroatoms. The lowest BCUT2D eigenvalue weighted by molar-refractivity contribution is 0.172. The molecule has 0 radical (unpaired) electrons. The number of pyridine rings is 1. The highest BCUT2D eigenvalue weighted by Crippen LogP contribution is 2.41. The van der Waals surface area contributed by atoms with Gasteiger partial charge >= 0.3 is 0 Å². The van der Waals surface area contributed by atoms with Crippen molar-refractivity contribution in [2.75, 3.05) is 20.3 Å². The maximum Gasteiger partial charge on any atom is 0.163 e. The first-order valence-corrected chi connectivity index (χ1v) is 10.6. The Balaban J connectivity index is 1.57. The molecule has 0 saturated heterocycles. The predicted octanol–water partition coefficient (Wildman–Crippen LogP) is 5.03. The van der Waals surface area contributed by atoms with Crippen LogP contribution < -0.4 is 14.2 Å². The summed E-state index contributed by atoms with van der Waals surface area (Å²) in [6, 6.07) is 22.4. The Morgan fingerprint density at radius 2 is 1.59 bits per heavy atom. The molecule has 0 saturated carbocycles. The molecule has 158 valence electrons. The van der Waals surface area contributed by atoms with Crippen LogP contribution in [0.1, 0.15) is 5.56 Å². The molecule has 3 aromatic carbocycles. The Bertz CT molecular complexity index is 1380. The summed E-state index contributed by atoms with van der Waals surface area (Å²) in [7, 11) is 1.68. The van der Waals surface area contributed by atoms with E-state index in [1.54, 1.807) is 7.11 Å². The highest BCUT2D eigenvalue weighted by molar-refractivity contribution is 5.99. The molecule has 6 rings (SSSR count). The van der Waals surface area contributed by atoms with E-state index in [2.05, 4.69) is 45.2 Å². The molecule has 0 N–H and O–H groups in total. The molecular formula is C26H21N3O3. The number of hydrogen-bond donors (Lipinski definition) is 0. The van der Waals surface area contributed by atoms with Crippen LogP contribution >= 0.6 is 0 Å². The van der Waals surface area contributed by atoms with E-state index in [4.69, 9.17) is 14.2 Å². The Morgan fingerprint density at radius 3 is 2.34 bits per heavy atom. The molecular weight excluding hydrogens is 402 g/mol. The van der Waals surface area contributed by atoms with Gasteiger partial charge in [0.15, 0.2) is 11.5 Å². The Kier molecular flexibility index (Phi) is 4.42. The van der Waals surface area contributed by atoms with Gasteiger partial charge in [-0.2, -0.15) is 0 Å². The Hall–Kier alpha value is -4.06. The molecule has 0 bridgehead atoms. The van der Waals surface area contributed by atoms with Crippen molar-refractivity contribution >= 4 is 10.9 Å². The van der Waals surface area contributed by atoms with Crippen LogP contribution in [0.4, 0.5) is 0 Å². The standard InChI is InChI=1S/C26H21N3O3/c1-30-19-9-7-17(8-10-19)15-29-16-21-25(18-5-3-2-4-6-18)27-28-26(21)20-13-23-24(14-22(20)29)32-12-11-31-23/h2-10,13-14,16H,11-12,15H2,1H3. The lowest BCUT2D eigenvalue weighted by atomic mass is 10.0. The number of hydrogen-bond acceptors (Lipinski definition) is 5. The van der Waals surface area contributed by atoms with Crippen molar-refractivity contribution in [3.05, 3.63) is 78.5 Å². The second-order valence-corrected chi connectivity index (χ2v) is 7.80. The summed E-state index contributed by atoms with van der Waals surface area (Å²) in [5.74, 6) is 2.35. The average Bonchev–Trinajstić information content (AvgIpc) is 3.28. The molecule has 3 aliphatic heterocycles. The van der Waals surface area contributed by atoms with Crippen LogP contribution in [-0.4, -0.2) is 35.1 Å². The second-order valence-electron chi connectivity index (χ2n) is 7.80. The zero-order valence-corrected chi connectivity index (χ0v) is 17.6. The predicted molar refractivity (Wildman–Crippen MR) is 123 cm³/mol. The van der Waals surface area contributed by atoms with Crippen LogP contribution in [0.3, 0.4) is 0 Å². The molecule has 0 aliphatic carbocycles. The first-order chi connectivity index (χ1) is 15.8. The molecule has 0 amide bonds. The van der Waals surface area contributed by atoms with Crippen molar-refractivity contribution in [2.24, 2.45) is 0 Å². The third-order valence-corrected chi connectivity index (χ3v) is 5.83. The lowest BCUT2D eigenvalue weighted by Gasteiger charge is -2.21.